The van der Waals surface area contributed by atoms with Crippen molar-refractivity contribution < 1.29 is 9.59 Å². The van der Waals surface area contributed by atoms with Gasteiger partial charge in [-0.2, -0.15) is 0 Å². The van der Waals surface area contributed by atoms with Crippen LogP contribution < -0.4 is 5.32 Å². The van der Waals surface area contributed by atoms with Gasteiger partial charge in [0.15, 0.2) is 0 Å². The Morgan fingerprint density at radius 2 is 1.97 bits per heavy atom. The minimum absolute atomic E-state index is 0.0183. The lowest BCUT2D eigenvalue weighted by Gasteiger charge is -2.49. The van der Waals surface area contributed by atoms with E-state index in [9.17, 15) is 9.59 Å². The quantitative estimate of drug-likeness (QED) is 0.694. The van der Waals surface area contributed by atoms with E-state index in [0.29, 0.717) is 31.0 Å². The van der Waals surface area contributed by atoms with Crippen molar-refractivity contribution in [2.45, 2.75) is 45.1 Å². The number of nitrogens with zero attached hydrogens (tertiary/aromatic N) is 2. The summed E-state index contributed by atoms with van der Waals surface area (Å²) in [4.78, 5) is 34.7. The third kappa shape index (κ3) is 3.62. The van der Waals surface area contributed by atoms with E-state index in [1.165, 1.54) is 5.56 Å². The third-order valence-electron chi connectivity index (χ3n) is 5.89. The molecule has 1 saturated heterocycles. The zero-order chi connectivity index (χ0) is 20.6. The third-order valence-corrected chi connectivity index (χ3v) is 5.89. The Balaban J connectivity index is 1.43. The lowest BCUT2D eigenvalue weighted by Crippen LogP contribution is -2.66. The number of amides is 2. The molecule has 1 aliphatic rings. The number of nitrogens with one attached hydrogen (secondary N) is 2. The second-order valence-electron chi connectivity index (χ2n) is 8.23. The SMILES string of the molecule is CC(C)c1ccc(CC(=O)N2CCC2(C)C(=O)Nc2ccc3nc[nH]c3c2)cc1. The summed E-state index contributed by atoms with van der Waals surface area (Å²) in [6, 6.07) is 13.7. The maximum Gasteiger partial charge on any atom is 0.250 e. The predicted molar refractivity (Wildman–Crippen MR) is 114 cm³/mol. The summed E-state index contributed by atoms with van der Waals surface area (Å²) in [5.41, 5.74) is 3.80. The van der Waals surface area contributed by atoms with E-state index in [4.69, 9.17) is 0 Å². The average molecular weight is 390 g/mol. The average Bonchev–Trinajstić information content (AvgIpc) is 3.14. The van der Waals surface area contributed by atoms with Crippen LogP contribution in [0.3, 0.4) is 0 Å². The van der Waals surface area contributed by atoms with E-state index in [2.05, 4.69) is 41.3 Å². The summed E-state index contributed by atoms with van der Waals surface area (Å²) in [7, 11) is 0. The smallest absolute Gasteiger partial charge is 0.250 e. The van der Waals surface area contributed by atoms with Crippen molar-refractivity contribution in [1.29, 1.82) is 0 Å². The maximum absolute atomic E-state index is 12.9. The molecular weight excluding hydrogens is 364 g/mol. The molecule has 3 aromatic rings. The Morgan fingerprint density at radius 3 is 2.62 bits per heavy atom. The number of carbonyl (C=O) groups excluding carboxylic acids is 2. The van der Waals surface area contributed by atoms with Crippen LogP contribution >= 0.6 is 0 Å². The van der Waals surface area contributed by atoms with Gasteiger partial charge in [-0.1, -0.05) is 38.1 Å². The number of hydrogen-bond acceptors (Lipinski definition) is 3. The van der Waals surface area contributed by atoms with Crippen molar-refractivity contribution in [2.75, 3.05) is 11.9 Å². The zero-order valence-corrected chi connectivity index (χ0v) is 17.0. The summed E-state index contributed by atoms with van der Waals surface area (Å²) < 4.78 is 0. The highest BCUT2D eigenvalue weighted by Gasteiger charge is 2.49. The molecular formula is C23H26N4O2. The molecule has 1 fully saturated rings. The first-order chi connectivity index (χ1) is 13.9. The van der Waals surface area contributed by atoms with Gasteiger partial charge >= 0.3 is 0 Å². The molecule has 0 saturated carbocycles. The molecule has 6 heteroatoms. The Morgan fingerprint density at radius 1 is 1.21 bits per heavy atom. The van der Waals surface area contributed by atoms with Crippen LogP contribution in [-0.2, 0) is 16.0 Å². The number of hydrogen-bond donors (Lipinski definition) is 2. The first-order valence-corrected chi connectivity index (χ1v) is 10.0. The fourth-order valence-corrected chi connectivity index (χ4v) is 3.76. The van der Waals surface area contributed by atoms with Crippen LogP contribution in [-0.4, -0.2) is 38.8 Å². The van der Waals surface area contributed by atoms with Crippen LogP contribution in [0.1, 0.15) is 44.2 Å². The zero-order valence-electron chi connectivity index (χ0n) is 17.0. The highest BCUT2D eigenvalue weighted by atomic mass is 16.2. The fraction of sp³-hybridized carbons (Fsp3) is 0.348. The minimum Gasteiger partial charge on any atom is -0.345 e. The number of aromatic nitrogens is 2. The number of aromatic amines is 1. The second-order valence-corrected chi connectivity index (χ2v) is 8.23. The number of fused-ring (bicyclic) bond motifs is 1. The minimum atomic E-state index is -0.822. The van der Waals surface area contributed by atoms with Gasteiger partial charge in [0.2, 0.25) is 11.8 Å². The summed E-state index contributed by atoms with van der Waals surface area (Å²) in [6.07, 6.45) is 2.59. The molecule has 1 atom stereocenters. The fourth-order valence-electron chi connectivity index (χ4n) is 3.76. The number of likely N-dealkylation sites (tertiary alicyclic amines) is 1. The molecule has 1 unspecified atom stereocenters. The highest BCUT2D eigenvalue weighted by molar-refractivity contribution is 6.02. The molecule has 0 radical (unpaired) electrons. The normalized spacial score (nSPS) is 18.7. The molecule has 1 aromatic heterocycles. The number of H-pyrrole nitrogens is 1. The summed E-state index contributed by atoms with van der Waals surface area (Å²) in [5.74, 6) is 0.282. The van der Waals surface area contributed by atoms with Crippen LogP contribution in [0.2, 0.25) is 0 Å². The van der Waals surface area contributed by atoms with Crippen molar-refractivity contribution in [2.24, 2.45) is 0 Å². The largest absolute Gasteiger partial charge is 0.345 e. The summed E-state index contributed by atoms with van der Waals surface area (Å²) in [5, 5.41) is 2.95. The van der Waals surface area contributed by atoms with Crippen LogP contribution in [0, 0.1) is 0 Å². The predicted octanol–water partition coefficient (Wildman–Crippen LogP) is 3.86. The lowest BCUT2D eigenvalue weighted by atomic mass is 9.84. The van der Waals surface area contributed by atoms with Gasteiger partial charge in [0, 0.05) is 12.2 Å². The van der Waals surface area contributed by atoms with Crippen molar-refractivity contribution in [3.8, 4) is 0 Å². The summed E-state index contributed by atoms with van der Waals surface area (Å²) >= 11 is 0. The molecule has 2 aromatic carbocycles. The van der Waals surface area contributed by atoms with Crippen LogP contribution in [0.4, 0.5) is 5.69 Å². The van der Waals surface area contributed by atoms with Crippen molar-refractivity contribution in [3.63, 3.8) is 0 Å². The molecule has 6 nitrogen and oxygen atoms in total. The lowest BCUT2D eigenvalue weighted by molar-refractivity contribution is -0.154. The van der Waals surface area contributed by atoms with E-state index < -0.39 is 5.54 Å². The van der Waals surface area contributed by atoms with E-state index in [1.54, 1.807) is 11.2 Å². The molecule has 0 aliphatic carbocycles. The first kappa shape index (κ1) is 19.2. The van der Waals surface area contributed by atoms with Gasteiger partial charge in [0.05, 0.1) is 23.8 Å². The molecule has 2 heterocycles. The Labute approximate surface area is 170 Å². The van der Waals surface area contributed by atoms with E-state index in [1.807, 2.05) is 37.3 Å². The molecule has 1 aliphatic heterocycles. The van der Waals surface area contributed by atoms with Crippen LogP contribution in [0.25, 0.3) is 11.0 Å². The van der Waals surface area contributed by atoms with Gasteiger partial charge in [0.25, 0.3) is 0 Å². The van der Waals surface area contributed by atoms with Gasteiger partial charge in [0.1, 0.15) is 5.54 Å². The van der Waals surface area contributed by atoms with E-state index >= 15 is 0 Å². The van der Waals surface area contributed by atoms with Gasteiger partial charge in [-0.3, -0.25) is 9.59 Å². The number of rotatable bonds is 5. The molecule has 2 N–H and O–H groups in total. The van der Waals surface area contributed by atoms with Crippen LogP contribution in [0.15, 0.2) is 48.8 Å². The van der Waals surface area contributed by atoms with Crippen molar-refractivity contribution in [3.05, 3.63) is 59.9 Å². The van der Waals surface area contributed by atoms with Gasteiger partial charge in [-0.25, -0.2) is 4.98 Å². The molecule has 4 rings (SSSR count). The van der Waals surface area contributed by atoms with Crippen molar-refractivity contribution >= 4 is 28.5 Å². The monoisotopic (exact) mass is 390 g/mol. The topological polar surface area (TPSA) is 78.1 Å². The molecule has 29 heavy (non-hydrogen) atoms. The van der Waals surface area contributed by atoms with Gasteiger partial charge in [-0.05, 0) is 48.6 Å². The number of benzene rings is 2. The molecule has 0 bridgehead atoms. The molecule has 2 amide bonds. The summed E-state index contributed by atoms with van der Waals surface area (Å²) in [6.45, 7) is 6.73. The van der Waals surface area contributed by atoms with Gasteiger partial charge in [-0.15, -0.1) is 0 Å². The molecule has 150 valence electrons. The van der Waals surface area contributed by atoms with Crippen molar-refractivity contribution in [1.82, 2.24) is 14.9 Å². The van der Waals surface area contributed by atoms with Crippen LogP contribution in [0.5, 0.6) is 0 Å². The van der Waals surface area contributed by atoms with Gasteiger partial charge < -0.3 is 15.2 Å². The number of imidazole rings is 1. The maximum atomic E-state index is 12.9. The van der Waals surface area contributed by atoms with E-state index in [-0.39, 0.29) is 11.8 Å². The number of anilines is 1. The Hall–Kier alpha value is -3.15. The Kier molecular flexibility index (Phi) is 4.86. The number of carbonyl (C=O) groups is 2. The van der Waals surface area contributed by atoms with E-state index in [0.717, 1.165) is 16.6 Å². The first-order valence-electron chi connectivity index (χ1n) is 10.0. The standard InChI is InChI=1S/C23H26N4O2/c1-15(2)17-6-4-16(5-7-17)12-21(28)27-11-10-23(27,3)22(29)26-18-8-9-19-20(13-18)25-14-24-19/h4-9,13-15H,10-12H2,1-3H3,(H,24,25)(H,26,29). The highest BCUT2D eigenvalue weighted by Crippen LogP contribution is 2.32. The molecule has 0 spiro atoms. The Bertz CT molecular complexity index is 1050. The second kappa shape index (κ2) is 7.35.